The van der Waals surface area contributed by atoms with Crippen molar-refractivity contribution in [3.63, 3.8) is 0 Å². The van der Waals surface area contributed by atoms with Crippen LogP contribution in [0.2, 0.25) is 0 Å². The number of rotatable bonds is 1. The van der Waals surface area contributed by atoms with Gasteiger partial charge in [0.25, 0.3) is 0 Å². The molecule has 0 spiro atoms. The predicted molar refractivity (Wildman–Crippen MR) is 58.6 cm³/mol. The molecule has 1 aromatic heterocycles. The lowest BCUT2D eigenvalue weighted by atomic mass is 10.1. The molecule has 15 heavy (non-hydrogen) atoms. The van der Waals surface area contributed by atoms with E-state index in [-0.39, 0.29) is 5.43 Å². The molecule has 0 amide bonds. The van der Waals surface area contributed by atoms with Crippen LogP contribution >= 0.6 is 0 Å². The van der Waals surface area contributed by atoms with Crippen molar-refractivity contribution in [2.24, 2.45) is 5.16 Å². The molecule has 0 aliphatic heterocycles. The lowest BCUT2D eigenvalue weighted by molar-refractivity contribution is 0.319. The molecule has 0 bridgehead atoms. The van der Waals surface area contributed by atoms with E-state index in [9.17, 15) is 4.79 Å². The number of nitrogens with one attached hydrogen (secondary N) is 1. The van der Waals surface area contributed by atoms with Crippen molar-refractivity contribution in [3.8, 4) is 0 Å². The highest BCUT2D eigenvalue weighted by Gasteiger charge is 2.02. The Bertz CT molecular complexity index is 584. The highest BCUT2D eigenvalue weighted by molar-refractivity contribution is 6.01. The molecule has 76 valence electrons. The van der Waals surface area contributed by atoms with Gasteiger partial charge >= 0.3 is 0 Å². The number of aromatic amines is 1. The van der Waals surface area contributed by atoms with Crippen molar-refractivity contribution in [2.45, 2.75) is 6.92 Å². The zero-order chi connectivity index (χ0) is 10.8. The number of benzene rings is 1. The number of hydrogen-bond acceptors (Lipinski definition) is 3. The molecule has 0 fully saturated rings. The van der Waals surface area contributed by atoms with Crippen LogP contribution in [0, 0.1) is 0 Å². The third kappa shape index (κ3) is 1.61. The molecule has 4 heteroatoms. The van der Waals surface area contributed by atoms with Crippen molar-refractivity contribution in [3.05, 3.63) is 46.2 Å². The molecule has 2 rings (SSSR count). The van der Waals surface area contributed by atoms with Crippen molar-refractivity contribution in [1.29, 1.82) is 0 Å². The summed E-state index contributed by atoms with van der Waals surface area (Å²) in [5, 5.41) is 12.3. The van der Waals surface area contributed by atoms with E-state index in [1.54, 1.807) is 31.3 Å². The van der Waals surface area contributed by atoms with Crippen LogP contribution in [0.15, 0.2) is 40.4 Å². The van der Waals surface area contributed by atoms with Crippen LogP contribution in [-0.2, 0) is 0 Å². The van der Waals surface area contributed by atoms with Crippen LogP contribution in [-0.4, -0.2) is 15.9 Å². The molecule has 0 atom stereocenters. The first-order valence-electron chi connectivity index (χ1n) is 4.53. The molecular formula is C11H10N2O2. The summed E-state index contributed by atoms with van der Waals surface area (Å²) in [5.74, 6) is 0. The maximum Gasteiger partial charge on any atom is 0.189 e. The lowest BCUT2D eigenvalue weighted by Crippen LogP contribution is -2.02. The first-order chi connectivity index (χ1) is 7.22. The maximum atomic E-state index is 11.5. The zero-order valence-electron chi connectivity index (χ0n) is 8.19. The summed E-state index contributed by atoms with van der Waals surface area (Å²) in [7, 11) is 0. The summed E-state index contributed by atoms with van der Waals surface area (Å²) in [6.45, 7) is 1.68. The van der Waals surface area contributed by atoms with E-state index in [2.05, 4.69) is 10.1 Å². The largest absolute Gasteiger partial charge is 0.411 e. The SMILES string of the molecule is C/C(=N\O)c1ccc2[nH]ccc(=O)c2c1. The van der Waals surface area contributed by atoms with Gasteiger partial charge in [0.15, 0.2) is 5.43 Å². The molecular weight excluding hydrogens is 192 g/mol. The minimum absolute atomic E-state index is 0.0451. The summed E-state index contributed by atoms with van der Waals surface area (Å²) >= 11 is 0. The van der Waals surface area contributed by atoms with Crippen LogP contribution < -0.4 is 5.43 Å². The average molecular weight is 202 g/mol. The van der Waals surface area contributed by atoms with E-state index in [1.165, 1.54) is 6.07 Å². The van der Waals surface area contributed by atoms with Gasteiger partial charge in [0.2, 0.25) is 0 Å². The fourth-order valence-electron chi connectivity index (χ4n) is 1.45. The summed E-state index contributed by atoms with van der Waals surface area (Å²) in [6.07, 6.45) is 1.61. The Kier molecular flexibility index (Phi) is 2.25. The number of H-pyrrole nitrogens is 1. The predicted octanol–water partition coefficient (Wildman–Crippen LogP) is 1.73. The molecule has 0 unspecified atom stereocenters. The Morgan fingerprint density at radius 2 is 2.20 bits per heavy atom. The first-order valence-corrected chi connectivity index (χ1v) is 4.53. The Balaban J connectivity index is 2.76. The quantitative estimate of drug-likeness (QED) is 0.420. The van der Waals surface area contributed by atoms with E-state index < -0.39 is 0 Å². The van der Waals surface area contributed by atoms with Gasteiger partial charge in [-0.1, -0.05) is 11.2 Å². The fourth-order valence-corrected chi connectivity index (χ4v) is 1.45. The third-order valence-electron chi connectivity index (χ3n) is 2.33. The summed E-state index contributed by atoms with van der Waals surface area (Å²) in [6, 6.07) is 6.77. The summed E-state index contributed by atoms with van der Waals surface area (Å²) in [5.41, 5.74) is 1.95. The summed E-state index contributed by atoms with van der Waals surface area (Å²) in [4.78, 5) is 14.5. The molecule has 2 N–H and O–H groups in total. The second-order valence-electron chi connectivity index (χ2n) is 3.29. The molecule has 0 saturated carbocycles. The minimum Gasteiger partial charge on any atom is -0.411 e. The molecule has 0 aliphatic carbocycles. The molecule has 2 aromatic rings. The lowest BCUT2D eigenvalue weighted by Gasteiger charge is -2.00. The monoisotopic (exact) mass is 202 g/mol. The van der Waals surface area contributed by atoms with Gasteiger partial charge in [0.05, 0.1) is 5.71 Å². The number of aromatic nitrogens is 1. The smallest absolute Gasteiger partial charge is 0.189 e. The second kappa shape index (κ2) is 3.57. The molecule has 0 radical (unpaired) electrons. The maximum absolute atomic E-state index is 11.5. The highest BCUT2D eigenvalue weighted by atomic mass is 16.4. The molecule has 0 aliphatic rings. The Labute approximate surface area is 85.9 Å². The van der Waals surface area contributed by atoms with E-state index in [1.807, 2.05) is 0 Å². The van der Waals surface area contributed by atoms with Crippen molar-refractivity contribution >= 4 is 16.6 Å². The van der Waals surface area contributed by atoms with E-state index in [0.717, 1.165) is 11.1 Å². The fraction of sp³-hybridized carbons (Fsp3) is 0.0909. The van der Waals surface area contributed by atoms with Gasteiger partial charge in [-0.3, -0.25) is 4.79 Å². The first kappa shape index (κ1) is 9.45. The van der Waals surface area contributed by atoms with Crippen molar-refractivity contribution < 1.29 is 5.21 Å². The van der Waals surface area contributed by atoms with E-state index in [4.69, 9.17) is 5.21 Å². The summed E-state index contributed by atoms with van der Waals surface area (Å²) < 4.78 is 0. The Morgan fingerprint density at radius 1 is 1.40 bits per heavy atom. The topological polar surface area (TPSA) is 65.5 Å². The highest BCUT2D eigenvalue weighted by Crippen LogP contribution is 2.10. The van der Waals surface area contributed by atoms with Gasteiger partial charge < -0.3 is 10.2 Å². The number of oxime groups is 1. The van der Waals surface area contributed by atoms with Crippen molar-refractivity contribution in [2.75, 3.05) is 0 Å². The number of fused-ring (bicyclic) bond motifs is 1. The Hall–Kier alpha value is -2.10. The number of hydrogen-bond donors (Lipinski definition) is 2. The average Bonchev–Trinajstić information content (AvgIpc) is 2.28. The third-order valence-corrected chi connectivity index (χ3v) is 2.33. The van der Waals surface area contributed by atoms with E-state index >= 15 is 0 Å². The molecule has 1 aromatic carbocycles. The van der Waals surface area contributed by atoms with Gasteiger partial charge in [-0.15, -0.1) is 0 Å². The van der Waals surface area contributed by atoms with Crippen LogP contribution in [0.25, 0.3) is 10.9 Å². The van der Waals surface area contributed by atoms with Crippen LogP contribution in [0.5, 0.6) is 0 Å². The second-order valence-corrected chi connectivity index (χ2v) is 3.29. The standard InChI is InChI=1S/C11H10N2O2/c1-7(13-15)8-2-3-10-9(6-8)11(14)4-5-12-10/h2-6,15H,1H3,(H,12,14)/b13-7+. The van der Waals surface area contributed by atoms with Crippen LogP contribution in [0.1, 0.15) is 12.5 Å². The normalized spacial score (nSPS) is 11.9. The number of nitrogens with zero attached hydrogens (tertiary/aromatic N) is 1. The van der Waals surface area contributed by atoms with Gasteiger partial charge in [0, 0.05) is 23.2 Å². The van der Waals surface area contributed by atoms with E-state index in [0.29, 0.717) is 11.1 Å². The van der Waals surface area contributed by atoms with Crippen LogP contribution in [0.3, 0.4) is 0 Å². The van der Waals surface area contributed by atoms with Gasteiger partial charge in [-0.25, -0.2) is 0 Å². The molecule has 0 saturated heterocycles. The van der Waals surface area contributed by atoms with Crippen molar-refractivity contribution in [1.82, 2.24) is 4.98 Å². The Morgan fingerprint density at radius 3 is 2.93 bits per heavy atom. The zero-order valence-corrected chi connectivity index (χ0v) is 8.19. The van der Waals surface area contributed by atoms with Crippen LogP contribution in [0.4, 0.5) is 0 Å². The van der Waals surface area contributed by atoms with Gasteiger partial charge in [-0.2, -0.15) is 0 Å². The number of pyridine rings is 1. The molecule has 4 nitrogen and oxygen atoms in total. The van der Waals surface area contributed by atoms with Gasteiger partial charge in [0.1, 0.15) is 0 Å². The minimum atomic E-state index is -0.0451. The molecule has 1 heterocycles. The van der Waals surface area contributed by atoms with Gasteiger partial charge in [-0.05, 0) is 24.6 Å².